The Kier molecular flexibility index (Phi) is 9.95. The van der Waals surface area contributed by atoms with E-state index < -0.39 is 5.41 Å². The van der Waals surface area contributed by atoms with Gasteiger partial charge >= 0.3 is 0 Å². The summed E-state index contributed by atoms with van der Waals surface area (Å²) < 4.78 is 0. The van der Waals surface area contributed by atoms with E-state index in [-0.39, 0.29) is 18.6 Å². The second-order valence-corrected chi connectivity index (χ2v) is 13.6. The number of nitrogens with zero attached hydrogens (tertiary/aromatic N) is 3. The Bertz CT molecular complexity index is 1660. The fraction of sp³-hybridized carbons (Fsp3) is 0.425. The number of aromatic nitrogens is 2. The first-order valence-electron chi connectivity index (χ1n) is 17.0. The van der Waals surface area contributed by atoms with E-state index in [0.29, 0.717) is 19.6 Å². The summed E-state index contributed by atoms with van der Waals surface area (Å²) >= 11 is 0. The molecule has 2 aliphatic rings. The van der Waals surface area contributed by atoms with Crippen molar-refractivity contribution < 1.29 is 9.90 Å². The molecule has 6 rings (SSSR count). The number of aliphatic hydroxyl groups is 1. The number of nitrogens with one attached hydrogen (secondary N) is 1. The van der Waals surface area contributed by atoms with Gasteiger partial charge in [-0.1, -0.05) is 79.4 Å². The van der Waals surface area contributed by atoms with Gasteiger partial charge in [-0.25, -0.2) is 0 Å². The lowest BCUT2D eigenvalue weighted by Gasteiger charge is -2.36. The zero-order valence-electron chi connectivity index (χ0n) is 27.7. The van der Waals surface area contributed by atoms with E-state index in [1.807, 2.05) is 18.5 Å². The van der Waals surface area contributed by atoms with Crippen LogP contribution in [0.5, 0.6) is 0 Å². The summed E-state index contributed by atoms with van der Waals surface area (Å²) in [4.78, 5) is 26.0. The van der Waals surface area contributed by atoms with Gasteiger partial charge in [0.1, 0.15) is 0 Å². The minimum atomic E-state index is -0.474. The van der Waals surface area contributed by atoms with Gasteiger partial charge in [0.2, 0.25) is 5.91 Å². The summed E-state index contributed by atoms with van der Waals surface area (Å²) in [7, 11) is 0. The average Bonchev–Trinajstić information content (AvgIpc) is 3.08. The first-order chi connectivity index (χ1) is 22.4. The predicted molar refractivity (Wildman–Crippen MR) is 183 cm³/mol. The molecule has 2 aromatic carbocycles. The van der Waals surface area contributed by atoms with Crippen molar-refractivity contribution in [2.75, 3.05) is 0 Å². The molecule has 6 nitrogen and oxygen atoms in total. The molecule has 2 aromatic heterocycles. The molecule has 2 N–H and O–H groups in total. The summed E-state index contributed by atoms with van der Waals surface area (Å²) in [6.45, 7) is 8.07. The van der Waals surface area contributed by atoms with Gasteiger partial charge in [-0.2, -0.15) is 0 Å². The van der Waals surface area contributed by atoms with Gasteiger partial charge in [0.05, 0.1) is 29.5 Å². The molecule has 2 heterocycles. The summed E-state index contributed by atoms with van der Waals surface area (Å²) in [5.41, 5.74) is 10.8. The van der Waals surface area contributed by atoms with Crippen molar-refractivity contribution >= 4 is 5.91 Å². The first kappa shape index (κ1) is 32.1. The number of benzene rings is 2. The minimum Gasteiger partial charge on any atom is -0.392 e. The monoisotopic (exact) mass is 616 g/mol. The van der Waals surface area contributed by atoms with E-state index in [0.717, 1.165) is 84.2 Å². The molecule has 6 heteroatoms. The van der Waals surface area contributed by atoms with Crippen molar-refractivity contribution in [3.8, 4) is 0 Å². The zero-order chi connectivity index (χ0) is 32.1. The molecule has 0 aliphatic heterocycles. The van der Waals surface area contributed by atoms with E-state index >= 15 is 0 Å². The molecule has 0 saturated heterocycles. The predicted octanol–water partition coefficient (Wildman–Crippen LogP) is 7.49. The molecule has 2 aliphatic carbocycles. The summed E-state index contributed by atoms with van der Waals surface area (Å²) in [5, 5.41) is 13.8. The number of pyridine rings is 2. The second kappa shape index (κ2) is 14.3. The van der Waals surface area contributed by atoms with Crippen LogP contribution in [0.25, 0.3) is 0 Å². The quantitative estimate of drug-likeness (QED) is 0.193. The maximum atomic E-state index is 13.9. The van der Waals surface area contributed by atoms with Gasteiger partial charge in [0, 0.05) is 32.0 Å². The standard InChI is InChI=1S/C40H48N4O2/c1-28-12-16-35(17-13-28)40(18-5-4-6-19-40)39(46)43-24-31-14-15-33(34(22-31)27-45)25-44(26-36-30(3)21-29(2)23-42-36)37-11-7-9-32-10-8-20-41-38(32)37/h8,10,12-17,20-23,37,45H,4-7,9,11,18-19,24-27H2,1-3H3,(H,43,46). The Balaban J connectivity index is 1.23. The van der Waals surface area contributed by atoms with Crippen LogP contribution < -0.4 is 5.32 Å². The lowest BCUT2D eigenvalue weighted by atomic mass is 9.68. The third-order valence-electron chi connectivity index (χ3n) is 10.3. The highest BCUT2D eigenvalue weighted by molar-refractivity contribution is 5.88. The number of hydrogen-bond donors (Lipinski definition) is 2. The van der Waals surface area contributed by atoms with Crippen LogP contribution in [0.1, 0.15) is 107 Å². The minimum absolute atomic E-state index is 0.0560. The fourth-order valence-electron chi connectivity index (χ4n) is 7.65. The Morgan fingerprint density at radius 3 is 2.48 bits per heavy atom. The Morgan fingerprint density at radius 2 is 1.72 bits per heavy atom. The van der Waals surface area contributed by atoms with Crippen LogP contribution in [0, 0.1) is 20.8 Å². The topological polar surface area (TPSA) is 78.4 Å². The molecule has 1 unspecified atom stereocenters. The number of aliphatic hydroxyl groups excluding tert-OH is 1. The van der Waals surface area contributed by atoms with E-state index in [2.05, 4.69) is 85.6 Å². The third kappa shape index (κ3) is 6.93. The van der Waals surface area contributed by atoms with Crippen LogP contribution in [-0.2, 0) is 42.9 Å². The normalized spacial score (nSPS) is 17.5. The molecule has 1 saturated carbocycles. The molecule has 1 fully saturated rings. The van der Waals surface area contributed by atoms with Crippen molar-refractivity contribution in [2.45, 2.75) is 110 Å². The van der Waals surface area contributed by atoms with Gasteiger partial charge in [-0.3, -0.25) is 19.7 Å². The molecule has 0 bridgehead atoms. The Labute approximate surface area is 274 Å². The highest BCUT2D eigenvalue weighted by Crippen LogP contribution is 2.40. The van der Waals surface area contributed by atoms with E-state index in [9.17, 15) is 9.90 Å². The van der Waals surface area contributed by atoms with Gasteiger partial charge in [0.25, 0.3) is 0 Å². The molecule has 1 atom stereocenters. The molecule has 46 heavy (non-hydrogen) atoms. The van der Waals surface area contributed by atoms with Crippen molar-refractivity contribution in [3.63, 3.8) is 0 Å². The number of aryl methyl sites for hydroxylation is 4. The first-order valence-corrected chi connectivity index (χ1v) is 17.0. The number of amides is 1. The summed E-state index contributed by atoms with van der Waals surface area (Å²) in [6, 6.07) is 21.4. The molecule has 0 spiro atoms. The maximum absolute atomic E-state index is 13.9. The molecular weight excluding hydrogens is 568 g/mol. The maximum Gasteiger partial charge on any atom is 0.230 e. The fourth-order valence-corrected chi connectivity index (χ4v) is 7.65. The third-order valence-corrected chi connectivity index (χ3v) is 10.3. The van der Waals surface area contributed by atoms with Crippen LogP contribution in [0.4, 0.5) is 0 Å². The highest BCUT2D eigenvalue weighted by Gasteiger charge is 2.41. The van der Waals surface area contributed by atoms with Crippen LogP contribution in [-0.4, -0.2) is 25.9 Å². The second-order valence-electron chi connectivity index (χ2n) is 13.6. The SMILES string of the molecule is Cc1ccc(C2(C(=O)NCc3ccc(CN(Cc4ncc(C)cc4C)C4CCCc5cccnc54)c(CO)c3)CCCCC2)cc1. The van der Waals surface area contributed by atoms with Crippen molar-refractivity contribution in [3.05, 3.63) is 129 Å². The summed E-state index contributed by atoms with van der Waals surface area (Å²) in [6.07, 6.45) is 12.2. The number of rotatable bonds is 10. The lowest BCUT2D eigenvalue weighted by Crippen LogP contribution is -2.45. The van der Waals surface area contributed by atoms with E-state index in [4.69, 9.17) is 9.97 Å². The van der Waals surface area contributed by atoms with E-state index in [1.165, 1.54) is 23.1 Å². The number of carbonyl (C=O) groups excluding carboxylic acids is 1. The van der Waals surface area contributed by atoms with Crippen molar-refractivity contribution in [1.29, 1.82) is 0 Å². The van der Waals surface area contributed by atoms with Gasteiger partial charge in [-0.05, 0) is 97.9 Å². The lowest BCUT2D eigenvalue weighted by molar-refractivity contribution is -0.128. The van der Waals surface area contributed by atoms with E-state index in [1.54, 1.807) is 0 Å². The van der Waals surface area contributed by atoms with Crippen molar-refractivity contribution in [2.24, 2.45) is 0 Å². The van der Waals surface area contributed by atoms with Crippen LogP contribution in [0.15, 0.2) is 73.1 Å². The number of carbonyl (C=O) groups is 1. The van der Waals surface area contributed by atoms with Crippen LogP contribution >= 0.6 is 0 Å². The molecular formula is C40H48N4O2. The van der Waals surface area contributed by atoms with Gasteiger partial charge < -0.3 is 10.4 Å². The Morgan fingerprint density at radius 1 is 0.913 bits per heavy atom. The Hall–Kier alpha value is -3.87. The largest absolute Gasteiger partial charge is 0.392 e. The smallest absolute Gasteiger partial charge is 0.230 e. The van der Waals surface area contributed by atoms with Gasteiger partial charge in [0.15, 0.2) is 0 Å². The molecule has 240 valence electrons. The molecule has 0 radical (unpaired) electrons. The zero-order valence-corrected chi connectivity index (χ0v) is 27.7. The summed E-state index contributed by atoms with van der Waals surface area (Å²) in [5.74, 6) is 0.112. The van der Waals surface area contributed by atoms with Crippen molar-refractivity contribution in [1.82, 2.24) is 20.2 Å². The highest BCUT2D eigenvalue weighted by atomic mass is 16.3. The average molecular weight is 617 g/mol. The number of hydrogen-bond acceptors (Lipinski definition) is 5. The molecule has 4 aromatic rings. The number of fused-ring (bicyclic) bond motifs is 1. The van der Waals surface area contributed by atoms with Crippen LogP contribution in [0.2, 0.25) is 0 Å². The molecule has 1 amide bonds. The van der Waals surface area contributed by atoms with Gasteiger partial charge in [-0.15, -0.1) is 0 Å². The van der Waals surface area contributed by atoms with Crippen LogP contribution in [0.3, 0.4) is 0 Å².